The number of carbonyl (C=O) groups is 1. The van der Waals surface area contributed by atoms with Gasteiger partial charge in [-0.05, 0) is 25.1 Å². The molecule has 126 valence electrons. The summed E-state index contributed by atoms with van der Waals surface area (Å²) in [5.74, 6) is -0.155. The summed E-state index contributed by atoms with van der Waals surface area (Å²) in [5.41, 5.74) is 8.57. The van der Waals surface area contributed by atoms with Crippen molar-refractivity contribution in [1.29, 1.82) is 0 Å². The number of thiazole rings is 1. The number of aromatic nitrogens is 1. The van der Waals surface area contributed by atoms with Crippen LogP contribution < -0.4 is 11.1 Å². The monoisotopic (exact) mass is 355 g/mol. The molecule has 7 heteroatoms. The molecule has 0 saturated heterocycles. The first-order valence-electron chi connectivity index (χ1n) is 7.43. The fourth-order valence-corrected chi connectivity index (χ4v) is 3.71. The lowest BCUT2D eigenvalue weighted by atomic mass is 9.54. The van der Waals surface area contributed by atoms with Crippen molar-refractivity contribution in [1.82, 2.24) is 4.98 Å². The molecule has 2 aromatic rings. The van der Waals surface area contributed by atoms with Crippen LogP contribution in [0, 0.1) is 5.41 Å². The summed E-state index contributed by atoms with van der Waals surface area (Å²) < 4.78 is 6.71. The van der Waals surface area contributed by atoms with Crippen molar-refractivity contribution in [2.24, 2.45) is 11.1 Å². The number of nitrogens with one attached hydrogen (secondary N) is 1. The highest BCUT2D eigenvalue weighted by molar-refractivity contribution is 7.16. The Bertz CT molecular complexity index is 718. The van der Waals surface area contributed by atoms with Gasteiger partial charge in [-0.2, -0.15) is 0 Å². The maximum Gasteiger partial charge on any atom is 0.245 e. The molecule has 1 aromatic heterocycles. The predicted octanol–water partition coefficient (Wildman–Crippen LogP) is 3.19. The van der Waals surface area contributed by atoms with E-state index >= 15 is 0 Å². The number of anilines is 1. The Labute approximate surface area is 146 Å². The van der Waals surface area contributed by atoms with E-state index < -0.39 is 5.54 Å². The normalized spacial score (nSPS) is 25.5. The minimum atomic E-state index is -0.907. The van der Waals surface area contributed by atoms with Gasteiger partial charge in [0.05, 0.1) is 21.8 Å². The topological polar surface area (TPSA) is 77.2 Å². The van der Waals surface area contributed by atoms with Crippen LogP contribution >= 0.6 is 23.7 Å². The molecule has 23 heavy (non-hydrogen) atoms. The zero-order valence-electron chi connectivity index (χ0n) is 13.5. The first-order valence-corrected chi connectivity index (χ1v) is 8.31. The van der Waals surface area contributed by atoms with Gasteiger partial charge in [0.1, 0.15) is 5.54 Å². The molecule has 1 fully saturated rings. The van der Waals surface area contributed by atoms with Crippen molar-refractivity contribution in [3.8, 4) is 0 Å². The quantitative estimate of drug-likeness (QED) is 0.882. The molecule has 1 aromatic carbocycles. The van der Waals surface area contributed by atoms with Crippen LogP contribution in [0.1, 0.15) is 27.2 Å². The molecule has 1 aliphatic rings. The third kappa shape index (κ3) is 2.85. The smallest absolute Gasteiger partial charge is 0.245 e. The lowest BCUT2D eigenvalue weighted by Crippen LogP contribution is -2.74. The third-order valence-electron chi connectivity index (χ3n) is 4.82. The number of hydrogen-bond donors (Lipinski definition) is 2. The van der Waals surface area contributed by atoms with Gasteiger partial charge >= 0.3 is 0 Å². The van der Waals surface area contributed by atoms with Crippen LogP contribution in [-0.4, -0.2) is 29.1 Å². The van der Waals surface area contributed by atoms with E-state index in [4.69, 9.17) is 10.5 Å². The van der Waals surface area contributed by atoms with E-state index in [1.54, 1.807) is 16.8 Å². The van der Waals surface area contributed by atoms with Gasteiger partial charge in [-0.15, -0.1) is 23.7 Å². The molecule has 1 aliphatic carbocycles. The average molecular weight is 356 g/mol. The summed E-state index contributed by atoms with van der Waals surface area (Å²) in [6.07, 6.45) is 0.569. The molecule has 2 unspecified atom stereocenters. The molecule has 1 saturated carbocycles. The molecular formula is C16H22ClN3O2S. The van der Waals surface area contributed by atoms with Gasteiger partial charge in [0.15, 0.2) is 0 Å². The maximum atomic E-state index is 12.7. The highest BCUT2D eigenvalue weighted by Crippen LogP contribution is 2.50. The van der Waals surface area contributed by atoms with Crippen LogP contribution in [0.25, 0.3) is 10.2 Å². The van der Waals surface area contributed by atoms with Crippen molar-refractivity contribution in [3.63, 3.8) is 0 Å². The first kappa shape index (κ1) is 18.1. The minimum Gasteiger partial charge on any atom is -0.378 e. The summed E-state index contributed by atoms with van der Waals surface area (Å²) in [6.45, 7) is 6.57. The summed E-state index contributed by atoms with van der Waals surface area (Å²) in [6, 6.07) is 5.69. The number of carbonyl (C=O) groups excluding carboxylic acids is 1. The molecule has 3 rings (SSSR count). The number of hydrogen-bond acceptors (Lipinski definition) is 5. The van der Waals surface area contributed by atoms with Crippen LogP contribution in [0.15, 0.2) is 23.7 Å². The van der Waals surface area contributed by atoms with Gasteiger partial charge < -0.3 is 15.8 Å². The molecule has 0 aliphatic heterocycles. The van der Waals surface area contributed by atoms with Gasteiger partial charge in [0.2, 0.25) is 5.91 Å². The van der Waals surface area contributed by atoms with Crippen LogP contribution in [0.3, 0.4) is 0 Å². The Morgan fingerprint density at radius 1 is 1.52 bits per heavy atom. The highest BCUT2D eigenvalue weighted by atomic mass is 35.5. The summed E-state index contributed by atoms with van der Waals surface area (Å²) in [7, 11) is 0. The average Bonchev–Trinajstić information content (AvgIpc) is 2.94. The minimum absolute atomic E-state index is 0. The Kier molecular flexibility index (Phi) is 5.01. The number of rotatable bonds is 4. The molecule has 3 N–H and O–H groups in total. The van der Waals surface area contributed by atoms with Gasteiger partial charge in [-0.1, -0.05) is 13.8 Å². The molecule has 0 spiro atoms. The lowest BCUT2D eigenvalue weighted by molar-refractivity contribution is -0.166. The number of fused-ring (bicyclic) bond motifs is 1. The SMILES string of the molecule is CCOC1CC(N)(C(=O)Nc2ccc3ncsc3c2)C1(C)C.Cl. The van der Waals surface area contributed by atoms with Crippen LogP contribution in [0.5, 0.6) is 0 Å². The van der Waals surface area contributed by atoms with E-state index in [0.29, 0.717) is 13.0 Å². The predicted molar refractivity (Wildman–Crippen MR) is 96.2 cm³/mol. The third-order valence-corrected chi connectivity index (χ3v) is 5.62. The van der Waals surface area contributed by atoms with Crippen molar-refractivity contribution in [2.75, 3.05) is 11.9 Å². The second-order valence-electron chi connectivity index (χ2n) is 6.33. The number of amides is 1. The van der Waals surface area contributed by atoms with E-state index in [1.807, 2.05) is 39.0 Å². The first-order chi connectivity index (χ1) is 10.4. The summed E-state index contributed by atoms with van der Waals surface area (Å²) in [5, 5.41) is 2.94. The number of halogens is 1. The number of nitrogens with two attached hydrogens (primary N) is 1. The van der Waals surface area contributed by atoms with Gasteiger partial charge in [-0.3, -0.25) is 4.79 Å². The van der Waals surface area contributed by atoms with E-state index in [0.717, 1.165) is 15.9 Å². The molecule has 0 bridgehead atoms. The van der Waals surface area contributed by atoms with Crippen LogP contribution in [-0.2, 0) is 9.53 Å². The second-order valence-corrected chi connectivity index (χ2v) is 7.22. The van der Waals surface area contributed by atoms with Gasteiger partial charge in [-0.25, -0.2) is 4.98 Å². The second kappa shape index (κ2) is 6.36. The highest BCUT2D eigenvalue weighted by Gasteiger charge is 2.62. The fraction of sp³-hybridized carbons (Fsp3) is 0.500. The molecular weight excluding hydrogens is 334 g/mol. The zero-order chi connectivity index (χ0) is 16.0. The van der Waals surface area contributed by atoms with Crippen molar-refractivity contribution < 1.29 is 9.53 Å². The van der Waals surface area contributed by atoms with E-state index in [-0.39, 0.29) is 29.8 Å². The lowest BCUT2D eigenvalue weighted by Gasteiger charge is -2.57. The summed E-state index contributed by atoms with van der Waals surface area (Å²) in [4.78, 5) is 16.9. The number of ether oxygens (including phenoxy) is 1. The molecule has 5 nitrogen and oxygen atoms in total. The maximum absolute atomic E-state index is 12.7. The molecule has 1 amide bonds. The van der Waals surface area contributed by atoms with Gasteiger partial charge in [0, 0.05) is 24.1 Å². The molecule has 2 atom stereocenters. The van der Waals surface area contributed by atoms with Crippen LogP contribution in [0.4, 0.5) is 5.69 Å². The Hall–Kier alpha value is -1.21. The standard InChI is InChI=1S/C16H21N3O2S.ClH/c1-4-21-13-8-16(17,15(13,2)3)14(20)19-10-5-6-11-12(7-10)22-9-18-11;/h5-7,9,13H,4,8,17H2,1-3H3,(H,19,20);1H. The Morgan fingerprint density at radius 2 is 2.26 bits per heavy atom. The summed E-state index contributed by atoms with van der Waals surface area (Å²) >= 11 is 1.55. The van der Waals surface area contributed by atoms with E-state index in [1.165, 1.54) is 0 Å². The fourth-order valence-electron chi connectivity index (χ4n) is 3.00. The van der Waals surface area contributed by atoms with Crippen LogP contribution in [0.2, 0.25) is 0 Å². The number of nitrogens with zero attached hydrogens (tertiary/aromatic N) is 1. The van der Waals surface area contributed by atoms with Crippen molar-refractivity contribution in [2.45, 2.75) is 38.8 Å². The molecule has 0 radical (unpaired) electrons. The van der Waals surface area contributed by atoms with E-state index in [9.17, 15) is 4.79 Å². The molecule has 1 heterocycles. The zero-order valence-corrected chi connectivity index (χ0v) is 15.1. The Morgan fingerprint density at radius 3 is 2.91 bits per heavy atom. The van der Waals surface area contributed by atoms with Gasteiger partial charge in [0.25, 0.3) is 0 Å². The van der Waals surface area contributed by atoms with Crippen molar-refractivity contribution in [3.05, 3.63) is 23.7 Å². The van der Waals surface area contributed by atoms with E-state index in [2.05, 4.69) is 10.3 Å². The Balaban J connectivity index is 0.00000192. The number of benzene rings is 1. The largest absolute Gasteiger partial charge is 0.378 e. The van der Waals surface area contributed by atoms with Crippen molar-refractivity contribution >= 4 is 45.6 Å².